The molecule has 2 heterocycles. The first kappa shape index (κ1) is 20.0. The van der Waals surface area contributed by atoms with Gasteiger partial charge in [0.1, 0.15) is 6.04 Å². The quantitative estimate of drug-likeness (QED) is 0.482. The molecular weight excluding hydrogens is 392 g/mol. The molecule has 0 aliphatic rings. The number of hydrogen-bond acceptors (Lipinski definition) is 5. The van der Waals surface area contributed by atoms with E-state index in [9.17, 15) is 9.59 Å². The number of aromatic nitrogens is 2. The third kappa shape index (κ3) is 5.22. The molecule has 1 unspecified atom stereocenters. The maximum Gasteiger partial charge on any atom is 0.274 e. The number of carbonyl (C=O) groups is 2. The lowest BCUT2D eigenvalue weighted by Gasteiger charge is -2.18. The SMILES string of the molecule is O=C(NC(Cc1ccccc1)C(=O)Nc1ccccc1)c1cc(-c2cccnc2)on1. The Kier molecular flexibility index (Phi) is 6.13. The van der Waals surface area contributed by atoms with Gasteiger partial charge >= 0.3 is 0 Å². The molecule has 2 N–H and O–H groups in total. The summed E-state index contributed by atoms with van der Waals surface area (Å²) in [6.07, 6.45) is 3.60. The van der Waals surface area contributed by atoms with Gasteiger partial charge in [-0.25, -0.2) is 0 Å². The fourth-order valence-corrected chi connectivity index (χ4v) is 3.07. The molecule has 0 radical (unpaired) electrons. The molecule has 0 fully saturated rings. The molecule has 31 heavy (non-hydrogen) atoms. The number of nitrogens with one attached hydrogen (secondary N) is 2. The Morgan fingerprint density at radius 2 is 1.68 bits per heavy atom. The number of anilines is 1. The molecule has 7 nitrogen and oxygen atoms in total. The van der Waals surface area contributed by atoms with Crippen molar-refractivity contribution in [2.75, 3.05) is 5.32 Å². The molecule has 0 bridgehead atoms. The van der Waals surface area contributed by atoms with Crippen LogP contribution < -0.4 is 10.6 Å². The summed E-state index contributed by atoms with van der Waals surface area (Å²) in [5.41, 5.74) is 2.37. The van der Waals surface area contributed by atoms with Gasteiger partial charge in [0.2, 0.25) is 5.91 Å². The summed E-state index contributed by atoms with van der Waals surface area (Å²) < 4.78 is 5.28. The first-order valence-corrected chi connectivity index (χ1v) is 9.77. The number of benzene rings is 2. The molecule has 2 aromatic carbocycles. The Bertz CT molecular complexity index is 1150. The second kappa shape index (κ2) is 9.49. The minimum atomic E-state index is -0.798. The zero-order valence-corrected chi connectivity index (χ0v) is 16.6. The molecule has 0 spiro atoms. The summed E-state index contributed by atoms with van der Waals surface area (Å²) in [4.78, 5) is 29.8. The van der Waals surface area contributed by atoms with Crippen LogP contribution in [0.4, 0.5) is 5.69 Å². The highest BCUT2D eigenvalue weighted by Gasteiger charge is 2.24. The third-order valence-electron chi connectivity index (χ3n) is 4.63. The monoisotopic (exact) mass is 412 g/mol. The Morgan fingerprint density at radius 1 is 0.935 bits per heavy atom. The maximum atomic E-state index is 12.9. The van der Waals surface area contributed by atoms with Crippen LogP contribution in [0.25, 0.3) is 11.3 Å². The lowest BCUT2D eigenvalue weighted by molar-refractivity contribution is -0.118. The van der Waals surface area contributed by atoms with Gasteiger partial charge in [0.25, 0.3) is 5.91 Å². The second-order valence-corrected chi connectivity index (χ2v) is 6.89. The number of amides is 2. The smallest absolute Gasteiger partial charge is 0.274 e. The zero-order valence-electron chi connectivity index (χ0n) is 16.6. The van der Waals surface area contributed by atoms with E-state index in [2.05, 4.69) is 20.8 Å². The van der Waals surface area contributed by atoms with Crippen LogP contribution in [0, 0.1) is 0 Å². The standard InChI is InChI=1S/C24H20N4O3/c29-23(26-19-11-5-2-6-12-19)20(14-17-8-3-1-4-9-17)27-24(30)21-15-22(31-28-21)18-10-7-13-25-16-18/h1-13,15-16,20H,14H2,(H,26,29)(H,27,30). The molecule has 0 aliphatic heterocycles. The van der Waals surface area contributed by atoms with Gasteiger partial charge in [-0.05, 0) is 29.8 Å². The van der Waals surface area contributed by atoms with Crippen molar-refractivity contribution in [3.63, 3.8) is 0 Å². The average Bonchev–Trinajstić information content (AvgIpc) is 3.31. The lowest BCUT2D eigenvalue weighted by Crippen LogP contribution is -2.45. The summed E-state index contributed by atoms with van der Waals surface area (Å²) in [6, 6.07) is 22.9. The van der Waals surface area contributed by atoms with Crippen molar-refractivity contribution in [2.24, 2.45) is 0 Å². The number of pyridine rings is 1. The molecule has 0 aliphatic carbocycles. The van der Waals surface area contributed by atoms with Gasteiger partial charge < -0.3 is 15.2 Å². The molecule has 0 saturated heterocycles. The Morgan fingerprint density at radius 3 is 2.39 bits per heavy atom. The van der Waals surface area contributed by atoms with Crippen LogP contribution in [0.1, 0.15) is 16.1 Å². The molecule has 7 heteroatoms. The summed E-state index contributed by atoms with van der Waals surface area (Å²) in [5.74, 6) is -0.394. The van der Waals surface area contributed by atoms with E-state index in [0.29, 0.717) is 23.4 Å². The molecule has 4 aromatic rings. The van der Waals surface area contributed by atoms with Crippen molar-refractivity contribution >= 4 is 17.5 Å². The van der Waals surface area contributed by atoms with E-state index in [-0.39, 0.29) is 11.6 Å². The predicted molar refractivity (Wildman–Crippen MR) is 116 cm³/mol. The molecule has 0 saturated carbocycles. The fraction of sp³-hybridized carbons (Fsp3) is 0.0833. The van der Waals surface area contributed by atoms with Crippen LogP contribution in [-0.4, -0.2) is 28.0 Å². The molecule has 2 amide bonds. The van der Waals surface area contributed by atoms with E-state index in [1.807, 2.05) is 48.5 Å². The van der Waals surface area contributed by atoms with Crippen LogP contribution in [-0.2, 0) is 11.2 Å². The third-order valence-corrected chi connectivity index (χ3v) is 4.63. The van der Waals surface area contributed by atoms with Crippen LogP contribution in [0.15, 0.2) is 95.8 Å². The topological polar surface area (TPSA) is 97.1 Å². The van der Waals surface area contributed by atoms with Gasteiger partial charge in [-0.1, -0.05) is 53.7 Å². The normalized spacial score (nSPS) is 11.5. The van der Waals surface area contributed by atoms with Gasteiger partial charge in [-0.15, -0.1) is 0 Å². The first-order valence-electron chi connectivity index (χ1n) is 9.77. The van der Waals surface area contributed by atoms with Crippen molar-refractivity contribution in [1.82, 2.24) is 15.5 Å². The minimum absolute atomic E-state index is 0.0874. The molecular formula is C24H20N4O3. The molecule has 2 aromatic heterocycles. The van der Waals surface area contributed by atoms with Gasteiger partial charge in [-0.2, -0.15) is 0 Å². The number of para-hydroxylation sites is 1. The molecule has 154 valence electrons. The highest BCUT2D eigenvalue weighted by molar-refractivity contribution is 6.00. The van der Waals surface area contributed by atoms with E-state index < -0.39 is 11.9 Å². The average molecular weight is 412 g/mol. The maximum absolute atomic E-state index is 12.9. The summed E-state index contributed by atoms with van der Waals surface area (Å²) in [5, 5.41) is 9.47. The highest BCUT2D eigenvalue weighted by Crippen LogP contribution is 2.19. The number of nitrogens with zero attached hydrogens (tertiary/aromatic N) is 2. The number of carbonyl (C=O) groups excluding carboxylic acids is 2. The molecule has 1 atom stereocenters. The summed E-state index contributed by atoms with van der Waals surface area (Å²) in [7, 11) is 0. The van der Waals surface area contributed by atoms with Gasteiger partial charge in [0.05, 0.1) is 0 Å². The lowest BCUT2D eigenvalue weighted by atomic mass is 10.0. The fourth-order valence-electron chi connectivity index (χ4n) is 3.07. The van der Waals surface area contributed by atoms with E-state index in [0.717, 1.165) is 5.56 Å². The Hall–Kier alpha value is -4.26. The van der Waals surface area contributed by atoms with E-state index in [1.54, 1.807) is 36.7 Å². The van der Waals surface area contributed by atoms with Gasteiger partial charge in [0.15, 0.2) is 11.5 Å². The van der Waals surface area contributed by atoms with Crippen LogP contribution >= 0.6 is 0 Å². The van der Waals surface area contributed by atoms with Crippen molar-refractivity contribution in [2.45, 2.75) is 12.5 Å². The van der Waals surface area contributed by atoms with Gasteiger partial charge in [-0.3, -0.25) is 14.6 Å². The second-order valence-electron chi connectivity index (χ2n) is 6.89. The number of hydrogen-bond donors (Lipinski definition) is 2. The van der Waals surface area contributed by atoms with Crippen LogP contribution in [0.2, 0.25) is 0 Å². The van der Waals surface area contributed by atoms with Crippen LogP contribution in [0.3, 0.4) is 0 Å². The van der Waals surface area contributed by atoms with Gasteiger partial charge in [0, 0.05) is 36.1 Å². The first-order chi connectivity index (χ1) is 15.2. The van der Waals surface area contributed by atoms with Crippen molar-refractivity contribution in [1.29, 1.82) is 0 Å². The Labute approximate surface area is 179 Å². The van der Waals surface area contributed by atoms with Crippen molar-refractivity contribution in [3.8, 4) is 11.3 Å². The highest BCUT2D eigenvalue weighted by atomic mass is 16.5. The van der Waals surface area contributed by atoms with Crippen molar-refractivity contribution < 1.29 is 14.1 Å². The summed E-state index contributed by atoms with van der Waals surface area (Å²) in [6.45, 7) is 0. The van der Waals surface area contributed by atoms with E-state index >= 15 is 0 Å². The number of rotatable bonds is 7. The van der Waals surface area contributed by atoms with Crippen LogP contribution in [0.5, 0.6) is 0 Å². The predicted octanol–water partition coefficient (Wildman–Crippen LogP) is 3.72. The minimum Gasteiger partial charge on any atom is -0.355 e. The van der Waals surface area contributed by atoms with E-state index in [4.69, 9.17) is 4.52 Å². The van der Waals surface area contributed by atoms with Crippen molar-refractivity contribution in [3.05, 3.63) is 103 Å². The largest absolute Gasteiger partial charge is 0.355 e. The molecule has 4 rings (SSSR count). The zero-order chi connectivity index (χ0) is 21.5. The Balaban J connectivity index is 1.51. The summed E-state index contributed by atoms with van der Waals surface area (Å²) >= 11 is 0. The van der Waals surface area contributed by atoms with E-state index in [1.165, 1.54) is 6.07 Å².